The summed E-state index contributed by atoms with van der Waals surface area (Å²) in [6.07, 6.45) is 1.29. The van der Waals surface area contributed by atoms with Crippen LogP contribution in [-0.2, 0) is 0 Å². The number of hydrogen-bond acceptors (Lipinski definition) is 3. The molecule has 0 saturated carbocycles. The molecule has 0 saturated heterocycles. The van der Waals surface area contributed by atoms with Crippen LogP contribution in [0.15, 0.2) is 0 Å². The van der Waals surface area contributed by atoms with E-state index in [0.29, 0.717) is 0 Å². The van der Waals surface area contributed by atoms with Gasteiger partial charge in [0.15, 0.2) is 0 Å². The van der Waals surface area contributed by atoms with Gasteiger partial charge in [-0.1, -0.05) is 0 Å². The zero-order valence-electron chi connectivity index (χ0n) is 5.43. The number of aryl methyl sites for hydroxylation is 2. The van der Waals surface area contributed by atoms with Gasteiger partial charge in [-0.15, -0.1) is 11.3 Å². The van der Waals surface area contributed by atoms with E-state index in [0.717, 1.165) is 15.6 Å². The molecule has 9 heavy (non-hydrogen) atoms. The third-order valence-electron chi connectivity index (χ3n) is 1.08. The van der Waals surface area contributed by atoms with Crippen molar-refractivity contribution in [1.29, 1.82) is 5.41 Å². The minimum Gasteiger partial charge on any atom is -0.306 e. The summed E-state index contributed by atoms with van der Waals surface area (Å²) >= 11 is 1.63. The molecule has 0 unspecified atom stereocenters. The van der Waals surface area contributed by atoms with Gasteiger partial charge in [-0.05, 0) is 13.8 Å². The Morgan fingerprint density at radius 3 is 2.44 bits per heavy atom. The lowest BCUT2D eigenvalue weighted by Crippen LogP contribution is -1.80. The summed E-state index contributed by atoms with van der Waals surface area (Å²) in [5.74, 6) is 0. The highest BCUT2D eigenvalue weighted by Crippen LogP contribution is 2.13. The first-order valence-electron chi connectivity index (χ1n) is 2.68. The fraction of sp³-hybridized carbons (Fsp3) is 0.333. The van der Waals surface area contributed by atoms with Gasteiger partial charge in [-0.3, -0.25) is 0 Å². The molecule has 1 heterocycles. The Bertz CT molecular complexity index is 227. The maximum atomic E-state index is 6.92. The average molecular weight is 140 g/mol. The predicted molar refractivity (Wildman–Crippen MR) is 39.5 cm³/mol. The Labute approximate surface area is 58.1 Å². The van der Waals surface area contributed by atoms with Crippen molar-refractivity contribution in [2.75, 3.05) is 0 Å². The van der Waals surface area contributed by atoms with Crippen LogP contribution < -0.4 is 0 Å². The third-order valence-corrected chi connectivity index (χ3v) is 1.98. The molecule has 0 aliphatic rings. The Balaban J connectivity index is 3.15. The number of nitrogens with zero attached hydrogens (tertiary/aromatic N) is 1. The molecule has 1 aromatic rings. The molecule has 0 radical (unpaired) electrons. The molecule has 0 aliphatic carbocycles. The number of rotatable bonds is 1. The number of thiazole rings is 1. The van der Waals surface area contributed by atoms with E-state index in [4.69, 9.17) is 5.41 Å². The van der Waals surface area contributed by atoms with Crippen LogP contribution in [0.4, 0.5) is 0 Å². The highest BCUT2D eigenvalue weighted by Gasteiger charge is 1.98. The molecule has 1 rings (SSSR count). The van der Waals surface area contributed by atoms with Crippen molar-refractivity contribution in [2.24, 2.45) is 0 Å². The van der Waals surface area contributed by atoms with Crippen molar-refractivity contribution < 1.29 is 0 Å². The van der Waals surface area contributed by atoms with Gasteiger partial charge in [-0.25, -0.2) is 4.98 Å². The molecule has 0 aromatic carbocycles. The Morgan fingerprint density at radius 2 is 2.22 bits per heavy atom. The zero-order chi connectivity index (χ0) is 6.85. The maximum Gasteiger partial charge on any atom is 0.0946 e. The van der Waals surface area contributed by atoms with E-state index in [2.05, 4.69) is 4.98 Å². The van der Waals surface area contributed by atoms with E-state index < -0.39 is 0 Å². The number of hydrogen-bond donors (Lipinski definition) is 1. The van der Waals surface area contributed by atoms with E-state index >= 15 is 0 Å². The van der Waals surface area contributed by atoms with Crippen LogP contribution in [0.1, 0.15) is 15.6 Å². The summed E-state index contributed by atoms with van der Waals surface area (Å²) in [5, 5.41) is 7.95. The minimum atomic E-state index is 0.803. The summed E-state index contributed by atoms with van der Waals surface area (Å²) in [7, 11) is 0. The molecule has 0 spiro atoms. The van der Waals surface area contributed by atoms with Crippen LogP contribution in [0.5, 0.6) is 0 Å². The Hall–Kier alpha value is -0.700. The molecule has 3 heteroatoms. The smallest absolute Gasteiger partial charge is 0.0946 e. The van der Waals surface area contributed by atoms with E-state index in [1.807, 2.05) is 13.8 Å². The van der Waals surface area contributed by atoms with Crippen LogP contribution in [-0.4, -0.2) is 11.2 Å². The van der Waals surface area contributed by atoms with Gasteiger partial charge in [0.2, 0.25) is 0 Å². The third kappa shape index (κ3) is 1.16. The highest BCUT2D eigenvalue weighted by atomic mass is 32.1. The summed E-state index contributed by atoms with van der Waals surface area (Å²) in [6, 6.07) is 0. The standard InChI is InChI=1S/C6H8N2S/c1-4-6(3-7)8-5(2)9-4/h3,7H,1-2H3. The lowest BCUT2D eigenvalue weighted by Gasteiger charge is -1.79. The molecule has 0 bridgehead atoms. The quantitative estimate of drug-likeness (QED) is 0.593. The van der Waals surface area contributed by atoms with E-state index in [9.17, 15) is 0 Å². The molecule has 0 fully saturated rings. The monoisotopic (exact) mass is 140 g/mol. The van der Waals surface area contributed by atoms with Crippen LogP contribution in [0.2, 0.25) is 0 Å². The van der Waals surface area contributed by atoms with Gasteiger partial charge in [0.05, 0.1) is 10.7 Å². The maximum absolute atomic E-state index is 6.92. The molecule has 0 amide bonds. The predicted octanol–water partition coefficient (Wildman–Crippen LogP) is 1.76. The molecule has 0 atom stereocenters. The van der Waals surface area contributed by atoms with E-state index in [-0.39, 0.29) is 0 Å². The van der Waals surface area contributed by atoms with Crippen molar-refractivity contribution >= 4 is 17.6 Å². The molecule has 1 aromatic heterocycles. The van der Waals surface area contributed by atoms with Gasteiger partial charge in [0.1, 0.15) is 0 Å². The summed E-state index contributed by atoms with van der Waals surface area (Å²) < 4.78 is 0. The molecule has 48 valence electrons. The average Bonchev–Trinajstić information content (AvgIpc) is 2.10. The van der Waals surface area contributed by atoms with Crippen molar-refractivity contribution in [3.8, 4) is 0 Å². The van der Waals surface area contributed by atoms with Gasteiger partial charge in [0, 0.05) is 11.1 Å². The first-order valence-corrected chi connectivity index (χ1v) is 3.50. The molecular weight excluding hydrogens is 132 g/mol. The molecular formula is C6H8N2S. The van der Waals surface area contributed by atoms with E-state index in [1.165, 1.54) is 6.21 Å². The van der Waals surface area contributed by atoms with Gasteiger partial charge < -0.3 is 5.41 Å². The Morgan fingerprint density at radius 1 is 1.56 bits per heavy atom. The second kappa shape index (κ2) is 2.27. The number of nitrogens with one attached hydrogen (secondary N) is 1. The van der Waals surface area contributed by atoms with Crippen LogP contribution in [0.25, 0.3) is 0 Å². The van der Waals surface area contributed by atoms with Crippen molar-refractivity contribution in [3.63, 3.8) is 0 Å². The fourth-order valence-electron chi connectivity index (χ4n) is 0.679. The lowest BCUT2D eigenvalue weighted by molar-refractivity contribution is 1.26. The topological polar surface area (TPSA) is 36.7 Å². The molecule has 0 aliphatic heterocycles. The van der Waals surface area contributed by atoms with Crippen LogP contribution in [0.3, 0.4) is 0 Å². The molecule has 2 nitrogen and oxygen atoms in total. The van der Waals surface area contributed by atoms with Gasteiger partial charge in [-0.2, -0.15) is 0 Å². The SMILES string of the molecule is Cc1nc(C=N)c(C)s1. The largest absolute Gasteiger partial charge is 0.306 e. The first-order chi connectivity index (χ1) is 4.24. The Kier molecular flexibility index (Phi) is 1.62. The van der Waals surface area contributed by atoms with Crippen molar-refractivity contribution in [2.45, 2.75) is 13.8 Å². The summed E-state index contributed by atoms with van der Waals surface area (Å²) in [4.78, 5) is 5.23. The zero-order valence-corrected chi connectivity index (χ0v) is 6.25. The summed E-state index contributed by atoms with van der Waals surface area (Å²) in [6.45, 7) is 3.93. The molecule has 1 N–H and O–H groups in total. The van der Waals surface area contributed by atoms with Crippen molar-refractivity contribution in [3.05, 3.63) is 15.6 Å². The summed E-state index contributed by atoms with van der Waals surface area (Å²) in [5.41, 5.74) is 0.803. The van der Waals surface area contributed by atoms with Crippen LogP contribution in [0, 0.1) is 19.3 Å². The van der Waals surface area contributed by atoms with Gasteiger partial charge >= 0.3 is 0 Å². The first kappa shape index (κ1) is 6.42. The minimum absolute atomic E-state index is 0.803. The highest BCUT2D eigenvalue weighted by molar-refractivity contribution is 7.11. The fourth-order valence-corrected chi connectivity index (χ4v) is 1.48. The second-order valence-corrected chi connectivity index (χ2v) is 3.23. The normalized spacial score (nSPS) is 9.56. The van der Waals surface area contributed by atoms with Gasteiger partial charge in [0.25, 0.3) is 0 Å². The number of aromatic nitrogens is 1. The van der Waals surface area contributed by atoms with Crippen molar-refractivity contribution in [1.82, 2.24) is 4.98 Å². The second-order valence-electron chi connectivity index (χ2n) is 1.82. The van der Waals surface area contributed by atoms with Crippen LogP contribution >= 0.6 is 11.3 Å². The van der Waals surface area contributed by atoms with E-state index in [1.54, 1.807) is 11.3 Å². The lowest BCUT2D eigenvalue weighted by atomic mass is 10.4.